The van der Waals surface area contributed by atoms with E-state index in [4.69, 9.17) is 5.11 Å². The Labute approximate surface area is 267 Å². The maximum absolute atomic E-state index is 8.92. The van der Waals surface area contributed by atoms with Crippen LogP contribution in [0.3, 0.4) is 0 Å². The van der Waals surface area contributed by atoms with Gasteiger partial charge in [0.15, 0.2) is 0 Å². The number of phenols is 1. The van der Waals surface area contributed by atoms with Gasteiger partial charge in [-0.1, -0.05) is 157 Å². The lowest BCUT2D eigenvalue weighted by Crippen LogP contribution is -1.81. The molecule has 0 saturated heterocycles. The van der Waals surface area contributed by atoms with Crippen molar-refractivity contribution in [2.24, 2.45) is 0 Å². The molecule has 0 fully saturated rings. The second-order valence-electron chi connectivity index (χ2n) is 10.4. The highest BCUT2D eigenvalue weighted by atomic mass is 16.3. The lowest BCUT2D eigenvalue weighted by atomic mass is 10.0. The Morgan fingerprint density at radius 2 is 0.636 bits per heavy atom. The molecular formula is C43H52O. The molecule has 0 saturated carbocycles. The van der Waals surface area contributed by atoms with Crippen LogP contribution in [-0.4, -0.2) is 5.11 Å². The minimum atomic E-state index is 0.368. The van der Waals surface area contributed by atoms with Crippen molar-refractivity contribution in [3.8, 4) is 5.75 Å². The van der Waals surface area contributed by atoms with Crippen LogP contribution in [0, 0.1) is 6.92 Å². The van der Waals surface area contributed by atoms with Crippen LogP contribution in [0.2, 0.25) is 0 Å². The Morgan fingerprint density at radius 1 is 0.386 bits per heavy atom. The van der Waals surface area contributed by atoms with E-state index in [-0.39, 0.29) is 0 Å². The second kappa shape index (κ2) is 20.5. The van der Waals surface area contributed by atoms with Gasteiger partial charge < -0.3 is 5.11 Å². The van der Waals surface area contributed by atoms with Crippen LogP contribution < -0.4 is 0 Å². The number of aryl methyl sites for hydroxylation is 5. The molecule has 0 amide bonds. The molecule has 0 aliphatic rings. The van der Waals surface area contributed by atoms with Crippen molar-refractivity contribution in [2.45, 2.75) is 74.1 Å². The van der Waals surface area contributed by atoms with Crippen molar-refractivity contribution in [3.05, 3.63) is 161 Å². The number of hydrogen-bond donors (Lipinski definition) is 1. The Kier molecular flexibility index (Phi) is 16.7. The molecule has 1 N–H and O–H groups in total. The van der Waals surface area contributed by atoms with Crippen molar-refractivity contribution < 1.29 is 5.11 Å². The Bertz CT molecular complexity index is 1390. The lowest BCUT2D eigenvalue weighted by molar-refractivity contribution is 0.471. The summed E-state index contributed by atoms with van der Waals surface area (Å²) < 4.78 is 0. The predicted molar refractivity (Wildman–Crippen MR) is 196 cm³/mol. The number of fused-ring (bicyclic) bond motifs is 2. The summed E-state index contributed by atoms with van der Waals surface area (Å²) in [7, 11) is 0. The van der Waals surface area contributed by atoms with Crippen LogP contribution in [0.25, 0.3) is 21.5 Å². The van der Waals surface area contributed by atoms with E-state index in [0.717, 1.165) is 31.2 Å². The van der Waals surface area contributed by atoms with Crippen LogP contribution in [0.15, 0.2) is 133 Å². The zero-order chi connectivity index (χ0) is 32.2. The molecule has 0 heterocycles. The fourth-order valence-electron chi connectivity index (χ4n) is 4.47. The number of phenolic OH excluding ortho intramolecular Hbond substituents is 1. The molecule has 44 heavy (non-hydrogen) atoms. The van der Waals surface area contributed by atoms with Gasteiger partial charge in [-0.25, -0.2) is 0 Å². The third kappa shape index (κ3) is 12.1. The summed E-state index contributed by atoms with van der Waals surface area (Å²) in [6.07, 6.45) is 4.57. The molecule has 6 aromatic rings. The third-order valence-corrected chi connectivity index (χ3v) is 7.41. The van der Waals surface area contributed by atoms with E-state index in [1.807, 2.05) is 39.0 Å². The van der Waals surface area contributed by atoms with Crippen molar-refractivity contribution in [2.75, 3.05) is 0 Å². The maximum atomic E-state index is 8.92. The van der Waals surface area contributed by atoms with Gasteiger partial charge in [0.1, 0.15) is 5.75 Å². The third-order valence-electron chi connectivity index (χ3n) is 7.41. The summed E-state index contributed by atoms with van der Waals surface area (Å²) in [5.41, 5.74) is 6.64. The zero-order valence-corrected chi connectivity index (χ0v) is 28.0. The van der Waals surface area contributed by atoms with Crippen LogP contribution in [0.1, 0.15) is 69.4 Å². The van der Waals surface area contributed by atoms with Gasteiger partial charge in [-0.3, -0.25) is 0 Å². The fraction of sp³-hybridized carbons (Fsp3) is 0.256. The van der Waals surface area contributed by atoms with E-state index in [1.54, 1.807) is 6.07 Å². The number of benzene rings is 6. The van der Waals surface area contributed by atoms with Gasteiger partial charge in [0.05, 0.1) is 0 Å². The highest BCUT2D eigenvalue weighted by Crippen LogP contribution is 2.22. The second-order valence-corrected chi connectivity index (χ2v) is 10.4. The van der Waals surface area contributed by atoms with Gasteiger partial charge in [-0.05, 0) is 100 Å². The molecule has 6 rings (SSSR count). The number of hydrogen-bond acceptors (Lipinski definition) is 1. The summed E-state index contributed by atoms with van der Waals surface area (Å²) in [6.45, 7) is 14.6. The Morgan fingerprint density at radius 3 is 0.841 bits per heavy atom. The number of para-hydroxylation sites is 1. The minimum absolute atomic E-state index is 0.368. The summed E-state index contributed by atoms with van der Waals surface area (Å²) in [5.74, 6) is 0.368. The smallest absolute Gasteiger partial charge is 0.118 e. The molecule has 0 aromatic heterocycles. The standard InChI is InChI=1S/C14H10.2C10H14.C7H8O.C2H6/c1-2-6-12-10-14-8-4-3-7-13(14)9-11(12)5-1;2*1-3-9-5-7-10(4-2)8-6-9;1-6-4-2-3-5-7(6)8;1-2/h1-10H;2*5-8H,3-4H2,1-2H3;2-5,8H,1H3;1-2H3. The van der Waals surface area contributed by atoms with Crippen LogP contribution in [-0.2, 0) is 25.7 Å². The first-order valence-electron chi connectivity index (χ1n) is 16.2. The van der Waals surface area contributed by atoms with Gasteiger partial charge in [0.2, 0.25) is 0 Å². The summed E-state index contributed by atoms with van der Waals surface area (Å²) in [4.78, 5) is 0. The maximum Gasteiger partial charge on any atom is 0.118 e. The van der Waals surface area contributed by atoms with Crippen LogP contribution >= 0.6 is 0 Å². The largest absolute Gasteiger partial charge is 0.508 e. The van der Waals surface area contributed by atoms with Gasteiger partial charge in [0, 0.05) is 0 Å². The summed E-state index contributed by atoms with van der Waals surface area (Å²) in [6, 6.07) is 46.3. The average Bonchev–Trinajstić information content (AvgIpc) is 3.10. The molecule has 0 atom stereocenters. The van der Waals surface area contributed by atoms with E-state index >= 15 is 0 Å². The average molecular weight is 585 g/mol. The molecule has 0 unspecified atom stereocenters. The fourth-order valence-corrected chi connectivity index (χ4v) is 4.47. The quantitative estimate of drug-likeness (QED) is 0.204. The molecule has 6 aromatic carbocycles. The summed E-state index contributed by atoms with van der Waals surface area (Å²) in [5, 5.41) is 14.2. The van der Waals surface area contributed by atoms with E-state index in [0.29, 0.717) is 5.75 Å². The van der Waals surface area contributed by atoms with Gasteiger partial charge >= 0.3 is 0 Å². The van der Waals surface area contributed by atoms with E-state index < -0.39 is 0 Å². The first-order chi connectivity index (χ1) is 21.5. The number of aromatic hydroxyl groups is 1. The Balaban J connectivity index is 0.000000205. The highest BCUT2D eigenvalue weighted by molar-refractivity contribution is 5.98. The van der Waals surface area contributed by atoms with Gasteiger partial charge in [-0.2, -0.15) is 0 Å². The topological polar surface area (TPSA) is 20.2 Å². The highest BCUT2D eigenvalue weighted by Gasteiger charge is 1.95. The summed E-state index contributed by atoms with van der Waals surface area (Å²) >= 11 is 0. The minimum Gasteiger partial charge on any atom is -0.508 e. The lowest BCUT2D eigenvalue weighted by Gasteiger charge is -2.00. The zero-order valence-electron chi connectivity index (χ0n) is 28.0. The first-order valence-corrected chi connectivity index (χ1v) is 16.2. The molecule has 0 spiro atoms. The molecular weight excluding hydrogens is 532 g/mol. The van der Waals surface area contributed by atoms with Crippen LogP contribution in [0.5, 0.6) is 5.75 Å². The first kappa shape index (κ1) is 35.8. The molecule has 1 heteroatoms. The molecule has 0 radical (unpaired) electrons. The van der Waals surface area contributed by atoms with Crippen LogP contribution in [0.4, 0.5) is 0 Å². The van der Waals surface area contributed by atoms with Gasteiger partial charge in [-0.15, -0.1) is 0 Å². The molecule has 0 aliphatic carbocycles. The normalized spacial score (nSPS) is 9.70. The van der Waals surface area contributed by atoms with Crippen molar-refractivity contribution in [3.63, 3.8) is 0 Å². The van der Waals surface area contributed by atoms with Crippen molar-refractivity contribution >= 4 is 21.5 Å². The van der Waals surface area contributed by atoms with E-state index in [9.17, 15) is 0 Å². The number of rotatable bonds is 4. The van der Waals surface area contributed by atoms with Crippen molar-refractivity contribution in [1.29, 1.82) is 0 Å². The molecule has 1 nitrogen and oxygen atoms in total. The van der Waals surface area contributed by atoms with E-state index in [1.165, 1.54) is 43.8 Å². The Hall–Kier alpha value is -4.36. The predicted octanol–water partition coefficient (Wildman–Crippen LogP) is 12.3. The van der Waals surface area contributed by atoms with Gasteiger partial charge in [0.25, 0.3) is 0 Å². The van der Waals surface area contributed by atoms with E-state index in [2.05, 4.69) is 137 Å². The van der Waals surface area contributed by atoms with Crippen molar-refractivity contribution in [1.82, 2.24) is 0 Å². The molecule has 0 bridgehead atoms. The molecule has 230 valence electrons. The molecule has 0 aliphatic heterocycles. The SMILES string of the molecule is CC.CCc1ccc(CC)cc1.CCc1ccc(CC)cc1.Cc1ccccc1O.c1ccc2cc3ccccc3cc2c1. The monoisotopic (exact) mass is 584 g/mol.